The van der Waals surface area contributed by atoms with Crippen molar-refractivity contribution in [2.24, 2.45) is 0 Å². The minimum absolute atomic E-state index is 0.199. The van der Waals surface area contributed by atoms with E-state index in [9.17, 15) is 8.42 Å². The van der Waals surface area contributed by atoms with Crippen LogP contribution in [0.15, 0.2) is 40.8 Å². The Morgan fingerprint density at radius 3 is 2.29 bits per heavy atom. The van der Waals surface area contributed by atoms with Gasteiger partial charge in [0.2, 0.25) is 0 Å². The highest BCUT2D eigenvalue weighted by molar-refractivity contribution is 7.92. The standard InChI is InChI=1S/C13H15NO2S/c1-5-11(3)13(14-4)17(15,16)12-8-6-10(2)7-9-12/h5-9,13H,1-3H3/b11-5+. The lowest BCUT2D eigenvalue weighted by Crippen LogP contribution is -2.19. The van der Waals surface area contributed by atoms with Gasteiger partial charge in [-0.05, 0) is 32.9 Å². The molecule has 0 amide bonds. The summed E-state index contributed by atoms with van der Waals surface area (Å²) in [6.07, 6.45) is 1.66. The molecule has 0 aliphatic heterocycles. The molecule has 3 nitrogen and oxygen atoms in total. The lowest BCUT2D eigenvalue weighted by atomic mass is 10.2. The molecule has 0 heterocycles. The first-order valence-electron chi connectivity index (χ1n) is 5.23. The van der Waals surface area contributed by atoms with E-state index in [1.807, 2.05) is 6.92 Å². The van der Waals surface area contributed by atoms with Gasteiger partial charge in [0.1, 0.15) is 0 Å². The fourth-order valence-electron chi connectivity index (χ4n) is 1.42. The zero-order valence-electron chi connectivity index (χ0n) is 10.1. The molecular weight excluding hydrogens is 234 g/mol. The molecule has 0 radical (unpaired) electrons. The Balaban J connectivity index is 3.29. The Morgan fingerprint density at radius 1 is 1.35 bits per heavy atom. The maximum Gasteiger partial charge on any atom is 0.346 e. The monoisotopic (exact) mass is 249 g/mol. The van der Waals surface area contributed by atoms with Gasteiger partial charge in [0, 0.05) is 5.57 Å². The van der Waals surface area contributed by atoms with Gasteiger partial charge in [0.15, 0.2) is 0 Å². The Bertz CT molecular complexity index is 562. The second kappa shape index (κ2) is 5.15. The van der Waals surface area contributed by atoms with Crippen molar-refractivity contribution in [2.75, 3.05) is 0 Å². The lowest BCUT2D eigenvalue weighted by Gasteiger charge is -2.07. The Kier molecular flexibility index (Phi) is 4.08. The van der Waals surface area contributed by atoms with Crippen molar-refractivity contribution in [3.05, 3.63) is 52.9 Å². The van der Waals surface area contributed by atoms with Gasteiger partial charge in [0.05, 0.1) is 4.90 Å². The second-order valence-corrected chi connectivity index (χ2v) is 5.88. The maximum atomic E-state index is 12.2. The molecule has 1 rings (SSSR count). The molecule has 0 saturated heterocycles. The third-order valence-corrected chi connectivity index (χ3v) is 4.60. The van der Waals surface area contributed by atoms with Crippen LogP contribution in [0.2, 0.25) is 0 Å². The van der Waals surface area contributed by atoms with Crippen LogP contribution in [-0.2, 0) is 9.84 Å². The van der Waals surface area contributed by atoms with Crippen LogP contribution in [0.4, 0.5) is 0 Å². The van der Waals surface area contributed by atoms with Gasteiger partial charge in [-0.1, -0.05) is 23.8 Å². The Hall–Kier alpha value is -1.60. The zero-order chi connectivity index (χ0) is 13.1. The number of hydrogen-bond acceptors (Lipinski definition) is 2. The molecule has 1 aromatic carbocycles. The van der Waals surface area contributed by atoms with Crippen molar-refractivity contribution in [3.63, 3.8) is 0 Å². The fourth-order valence-corrected chi connectivity index (χ4v) is 2.95. The van der Waals surface area contributed by atoms with E-state index in [1.165, 1.54) is 0 Å². The first-order valence-corrected chi connectivity index (χ1v) is 6.78. The molecule has 1 aromatic rings. The van der Waals surface area contributed by atoms with E-state index in [0.717, 1.165) is 5.56 Å². The number of aryl methyl sites for hydroxylation is 1. The van der Waals surface area contributed by atoms with Crippen LogP contribution in [0.3, 0.4) is 0 Å². The number of benzene rings is 1. The maximum absolute atomic E-state index is 12.2. The summed E-state index contributed by atoms with van der Waals surface area (Å²) in [5.41, 5.74) is 1.55. The molecule has 0 aromatic heterocycles. The predicted molar refractivity (Wildman–Crippen MR) is 68.2 cm³/mol. The topological polar surface area (TPSA) is 38.5 Å². The van der Waals surface area contributed by atoms with E-state index in [1.54, 1.807) is 44.2 Å². The van der Waals surface area contributed by atoms with Gasteiger partial charge in [-0.15, -0.1) is 0 Å². The largest absolute Gasteiger partial charge is 0.346 e. The van der Waals surface area contributed by atoms with E-state index in [4.69, 9.17) is 6.57 Å². The third-order valence-electron chi connectivity index (χ3n) is 2.61. The zero-order valence-corrected chi connectivity index (χ0v) is 11.0. The van der Waals surface area contributed by atoms with E-state index in [-0.39, 0.29) is 4.90 Å². The van der Waals surface area contributed by atoms with Crippen LogP contribution >= 0.6 is 0 Å². The van der Waals surface area contributed by atoms with Gasteiger partial charge in [-0.3, -0.25) is 4.85 Å². The van der Waals surface area contributed by atoms with Crippen LogP contribution in [0, 0.1) is 13.5 Å². The number of rotatable bonds is 3. The molecule has 1 unspecified atom stereocenters. The highest BCUT2D eigenvalue weighted by atomic mass is 32.2. The molecule has 0 aliphatic rings. The van der Waals surface area contributed by atoms with Gasteiger partial charge >= 0.3 is 5.37 Å². The average molecular weight is 249 g/mol. The summed E-state index contributed by atoms with van der Waals surface area (Å²) < 4.78 is 24.4. The SMILES string of the molecule is [C-]#[N+]C(/C(C)=C/C)S(=O)(=O)c1ccc(C)cc1. The number of allylic oxidation sites excluding steroid dienone is 1. The summed E-state index contributed by atoms with van der Waals surface area (Å²) >= 11 is 0. The lowest BCUT2D eigenvalue weighted by molar-refractivity contribution is 0.592. The van der Waals surface area contributed by atoms with Gasteiger partial charge in [-0.2, -0.15) is 0 Å². The first kappa shape index (κ1) is 13.5. The summed E-state index contributed by atoms with van der Waals surface area (Å²) in [7, 11) is -3.60. The number of hydrogen-bond donors (Lipinski definition) is 0. The fraction of sp³-hybridized carbons (Fsp3) is 0.308. The molecule has 0 bridgehead atoms. The average Bonchev–Trinajstić information content (AvgIpc) is 2.29. The first-order chi connectivity index (χ1) is 7.93. The minimum Gasteiger partial charge on any atom is -0.291 e. The summed E-state index contributed by atoms with van der Waals surface area (Å²) in [5.74, 6) is 0. The summed E-state index contributed by atoms with van der Waals surface area (Å²) in [6, 6.07) is 6.56. The van der Waals surface area contributed by atoms with Crippen molar-refractivity contribution in [1.82, 2.24) is 0 Å². The molecular formula is C13H15NO2S. The quantitative estimate of drug-likeness (QED) is 0.610. The molecule has 0 fully saturated rings. The molecule has 1 atom stereocenters. The molecule has 0 saturated carbocycles. The minimum atomic E-state index is -3.60. The summed E-state index contributed by atoms with van der Waals surface area (Å²) in [6.45, 7) is 12.3. The highest BCUT2D eigenvalue weighted by Crippen LogP contribution is 2.22. The molecule has 0 spiro atoms. The van der Waals surface area contributed by atoms with E-state index < -0.39 is 15.2 Å². The Morgan fingerprint density at radius 2 is 1.88 bits per heavy atom. The molecule has 17 heavy (non-hydrogen) atoms. The predicted octanol–water partition coefficient (Wildman–Crippen LogP) is 2.98. The van der Waals surface area contributed by atoms with Crippen molar-refractivity contribution < 1.29 is 8.42 Å². The van der Waals surface area contributed by atoms with Gasteiger partial charge in [0.25, 0.3) is 9.84 Å². The van der Waals surface area contributed by atoms with Gasteiger partial charge < -0.3 is 0 Å². The van der Waals surface area contributed by atoms with Crippen LogP contribution in [0.5, 0.6) is 0 Å². The van der Waals surface area contributed by atoms with E-state index >= 15 is 0 Å². The summed E-state index contributed by atoms with van der Waals surface area (Å²) in [5, 5.41) is -1.12. The molecule has 0 aliphatic carbocycles. The van der Waals surface area contributed by atoms with Crippen molar-refractivity contribution in [2.45, 2.75) is 31.0 Å². The van der Waals surface area contributed by atoms with Crippen LogP contribution in [0.25, 0.3) is 4.85 Å². The third kappa shape index (κ3) is 2.75. The Labute approximate surface area is 103 Å². The van der Waals surface area contributed by atoms with Crippen molar-refractivity contribution >= 4 is 9.84 Å². The number of sulfone groups is 1. The van der Waals surface area contributed by atoms with Crippen LogP contribution < -0.4 is 0 Å². The van der Waals surface area contributed by atoms with Crippen molar-refractivity contribution in [3.8, 4) is 0 Å². The smallest absolute Gasteiger partial charge is 0.291 e. The van der Waals surface area contributed by atoms with Crippen LogP contribution in [0.1, 0.15) is 19.4 Å². The molecule has 4 heteroatoms. The summed E-state index contributed by atoms with van der Waals surface area (Å²) in [4.78, 5) is 3.42. The van der Waals surface area contributed by atoms with E-state index in [0.29, 0.717) is 5.57 Å². The number of nitrogens with zero attached hydrogens (tertiary/aromatic N) is 1. The normalized spacial score (nSPS) is 14.1. The molecule has 90 valence electrons. The van der Waals surface area contributed by atoms with Gasteiger partial charge in [-0.25, -0.2) is 15.0 Å². The molecule has 0 N–H and O–H groups in total. The van der Waals surface area contributed by atoms with Crippen molar-refractivity contribution in [1.29, 1.82) is 0 Å². The second-order valence-electron chi connectivity index (χ2n) is 3.87. The van der Waals surface area contributed by atoms with E-state index in [2.05, 4.69) is 4.85 Å². The highest BCUT2D eigenvalue weighted by Gasteiger charge is 2.33. The van der Waals surface area contributed by atoms with Crippen LogP contribution in [-0.4, -0.2) is 13.8 Å².